The Kier molecular flexibility index (Phi) is 5.27. The van der Waals surface area contributed by atoms with Gasteiger partial charge >= 0.3 is 0 Å². The summed E-state index contributed by atoms with van der Waals surface area (Å²) in [5, 5.41) is 3.63. The van der Waals surface area contributed by atoms with Crippen LogP contribution in [-0.4, -0.2) is 18.7 Å². The summed E-state index contributed by atoms with van der Waals surface area (Å²) in [7, 11) is 0. The summed E-state index contributed by atoms with van der Waals surface area (Å²) in [6.45, 7) is 10.7. The van der Waals surface area contributed by atoms with Crippen molar-refractivity contribution in [3.8, 4) is 0 Å². The molecule has 2 rings (SSSR count). The van der Waals surface area contributed by atoms with Crippen LogP contribution < -0.4 is 5.32 Å². The molecule has 1 aliphatic rings. The van der Waals surface area contributed by atoms with E-state index in [0.29, 0.717) is 5.92 Å². The van der Waals surface area contributed by atoms with Crippen molar-refractivity contribution >= 4 is 15.9 Å². The van der Waals surface area contributed by atoms with E-state index in [-0.39, 0.29) is 11.6 Å². The molecular weight excluding hydrogens is 314 g/mol. The zero-order valence-corrected chi connectivity index (χ0v) is 14.6. The van der Waals surface area contributed by atoms with Gasteiger partial charge in [0.15, 0.2) is 0 Å². The van der Waals surface area contributed by atoms with Gasteiger partial charge in [-0.1, -0.05) is 28.1 Å². The van der Waals surface area contributed by atoms with Gasteiger partial charge in [0.05, 0.1) is 6.10 Å². The third-order valence-electron chi connectivity index (χ3n) is 3.86. The molecule has 1 aliphatic heterocycles. The van der Waals surface area contributed by atoms with Crippen LogP contribution in [0.5, 0.6) is 0 Å². The summed E-state index contributed by atoms with van der Waals surface area (Å²) in [6.07, 6.45) is 2.62. The third-order valence-corrected chi connectivity index (χ3v) is 4.72. The van der Waals surface area contributed by atoms with Crippen LogP contribution in [0.2, 0.25) is 0 Å². The van der Waals surface area contributed by atoms with E-state index >= 15 is 0 Å². The molecule has 1 aromatic rings. The van der Waals surface area contributed by atoms with E-state index < -0.39 is 0 Å². The molecule has 20 heavy (non-hydrogen) atoms. The van der Waals surface area contributed by atoms with Gasteiger partial charge in [-0.3, -0.25) is 0 Å². The zero-order chi connectivity index (χ0) is 14.8. The fraction of sp³-hybridized carbons (Fsp3) is 0.647. The Hall–Kier alpha value is -0.380. The Bertz CT molecular complexity index is 453. The van der Waals surface area contributed by atoms with E-state index in [1.165, 1.54) is 28.4 Å². The summed E-state index contributed by atoms with van der Waals surface area (Å²) >= 11 is 3.63. The van der Waals surface area contributed by atoms with Crippen molar-refractivity contribution in [1.29, 1.82) is 0 Å². The second-order valence-corrected chi connectivity index (χ2v) is 7.69. The van der Waals surface area contributed by atoms with E-state index in [0.717, 1.165) is 13.2 Å². The predicted octanol–water partition coefficient (Wildman–Crippen LogP) is 4.61. The summed E-state index contributed by atoms with van der Waals surface area (Å²) in [5.41, 5.74) is 2.73. The Morgan fingerprint density at radius 3 is 2.75 bits per heavy atom. The van der Waals surface area contributed by atoms with Crippen LogP contribution >= 0.6 is 15.9 Å². The first-order valence-corrected chi connectivity index (χ1v) is 8.29. The van der Waals surface area contributed by atoms with Gasteiger partial charge in [-0.25, -0.2) is 0 Å². The highest BCUT2D eigenvalue weighted by Crippen LogP contribution is 2.35. The number of hydrogen-bond donors (Lipinski definition) is 1. The minimum Gasteiger partial charge on any atom is -0.373 e. The van der Waals surface area contributed by atoms with E-state index in [9.17, 15) is 0 Å². The van der Waals surface area contributed by atoms with Gasteiger partial charge in [-0.15, -0.1) is 0 Å². The normalized spacial score (nSPS) is 23.9. The average molecular weight is 340 g/mol. The lowest BCUT2D eigenvalue weighted by Gasteiger charge is -2.34. The van der Waals surface area contributed by atoms with Crippen LogP contribution in [0.3, 0.4) is 0 Å². The molecule has 0 amide bonds. The maximum atomic E-state index is 6.08. The van der Waals surface area contributed by atoms with Crippen molar-refractivity contribution < 1.29 is 4.74 Å². The van der Waals surface area contributed by atoms with E-state index in [1.54, 1.807) is 0 Å². The molecule has 0 radical (unpaired) electrons. The molecule has 2 unspecified atom stereocenters. The summed E-state index contributed by atoms with van der Waals surface area (Å²) < 4.78 is 7.25. The SMILES string of the molecule is Cc1ccc(C2OCCCC2CNC(C)(C)C)cc1Br. The number of rotatable bonds is 3. The van der Waals surface area contributed by atoms with Crippen LogP contribution in [-0.2, 0) is 4.74 Å². The molecule has 2 nitrogen and oxygen atoms in total. The first-order valence-electron chi connectivity index (χ1n) is 7.49. The lowest BCUT2D eigenvalue weighted by atomic mass is 9.88. The maximum absolute atomic E-state index is 6.08. The monoisotopic (exact) mass is 339 g/mol. The van der Waals surface area contributed by atoms with Gasteiger partial charge in [0.2, 0.25) is 0 Å². The molecule has 1 heterocycles. The minimum atomic E-state index is 0.163. The van der Waals surface area contributed by atoms with E-state index in [2.05, 4.69) is 67.1 Å². The molecule has 0 aliphatic carbocycles. The van der Waals surface area contributed by atoms with Crippen LogP contribution in [0.15, 0.2) is 22.7 Å². The number of nitrogens with one attached hydrogen (secondary N) is 1. The second-order valence-electron chi connectivity index (χ2n) is 6.83. The summed E-state index contributed by atoms with van der Waals surface area (Å²) in [6, 6.07) is 6.60. The van der Waals surface area contributed by atoms with Crippen molar-refractivity contribution in [1.82, 2.24) is 5.32 Å². The highest BCUT2D eigenvalue weighted by molar-refractivity contribution is 9.10. The first kappa shape index (κ1) is 16.0. The topological polar surface area (TPSA) is 21.3 Å². The molecule has 0 bridgehead atoms. The molecule has 0 saturated carbocycles. The fourth-order valence-corrected chi connectivity index (χ4v) is 3.04. The van der Waals surface area contributed by atoms with Crippen molar-refractivity contribution in [2.75, 3.05) is 13.2 Å². The molecule has 0 aromatic heterocycles. The molecule has 1 aromatic carbocycles. The van der Waals surface area contributed by atoms with Crippen molar-refractivity contribution in [3.63, 3.8) is 0 Å². The second kappa shape index (κ2) is 6.59. The molecule has 2 atom stereocenters. The van der Waals surface area contributed by atoms with Gasteiger partial charge in [0.25, 0.3) is 0 Å². The summed E-state index contributed by atoms with van der Waals surface area (Å²) in [4.78, 5) is 0. The van der Waals surface area contributed by atoms with Crippen molar-refractivity contribution in [3.05, 3.63) is 33.8 Å². The van der Waals surface area contributed by atoms with Crippen molar-refractivity contribution in [2.45, 2.75) is 52.2 Å². The Labute approximate surface area is 131 Å². The van der Waals surface area contributed by atoms with Crippen LogP contribution in [0, 0.1) is 12.8 Å². The molecule has 1 fully saturated rings. The lowest BCUT2D eigenvalue weighted by molar-refractivity contribution is -0.0293. The Morgan fingerprint density at radius 2 is 2.10 bits per heavy atom. The standard InChI is InChI=1S/C17H26BrNO/c1-12-7-8-13(10-15(12)18)16-14(6-5-9-20-16)11-19-17(2,3)4/h7-8,10,14,16,19H,5-6,9,11H2,1-4H3. The lowest BCUT2D eigenvalue weighted by Crippen LogP contribution is -2.41. The van der Waals surface area contributed by atoms with Gasteiger partial charge in [0, 0.05) is 29.1 Å². The van der Waals surface area contributed by atoms with Crippen LogP contribution in [0.25, 0.3) is 0 Å². The molecule has 0 spiro atoms. The summed E-state index contributed by atoms with van der Waals surface area (Å²) in [5.74, 6) is 0.553. The smallest absolute Gasteiger partial charge is 0.0865 e. The van der Waals surface area contributed by atoms with Crippen LogP contribution in [0.1, 0.15) is 50.8 Å². The minimum absolute atomic E-state index is 0.163. The quantitative estimate of drug-likeness (QED) is 0.867. The highest BCUT2D eigenvalue weighted by Gasteiger charge is 2.28. The van der Waals surface area contributed by atoms with Crippen molar-refractivity contribution in [2.24, 2.45) is 5.92 Å². The maximum Gasteiger partial charge on any atom is 0.0865 e. The number of aryl methyl sites for hydroxylation is 1. The molecule has 112 valence electrons. The number of halogens is 1. The van der Waals surface area contributed by atoms with Crippen LogP contribution in [0.4, 0.5) is 0 Å². The van der Waals surface area contributed by atoms with Gasteiger partial charge in [0.1, 0.15) is 0 Å². The Balaban J connectivity index is 2.11. The van der Waals surface area contributed by atoms with E-state index in [1.807, 2.05) is 0 Å². The van der Waals surface area contributed by atoms with Gasteiger partial charge < -0.3 is 10.1 Å². The average Bonchev–Trinajstić information content (AvgIpc) is 2.39. The molecule has 1 saturated heterocycles. The van der Waals surface area contributed by atoms with Gasteiger partial charge in [-0.2, -0.15) is 0 Å². The molecular formula is C17H26BrNO. The zero-order valence-electron chi connectivity index (χ0n) is 13.0. The molecule has 1 N–H and O–H groups in total. The fourth-order valence-electron chi connectivity index (χ4n) is 2.64. The third kappa shape index (κ3) is 4.31. The van der Waals surface area contributed by atoms with Gasteiger partial charge in [-0.05, 0) is 57.7 Å². The first-order chi connectivity index (χ1) is 9.37. The number of benzene rings is 1. The molecule has 3 heteroatoms. The number of hydrogen-bond acceptors (Lipinski definition) is 2. The predicted molar refractivity (Wildman–Crippen MR) is 88.1 cm³/mol. The Morgan fingerprint density at radius 1 is 1.35 bits per heavy atom. The largest absolute Gasteiger partial charge is 0.373 e. The highest BCUT2D eigenvalue weighted by atomic mass is 79.9. The number of ether oxygens (including phenoxy) is 1. The van der Waals surface area contributed by atoms with E-state index in [4.69, 9.17) is 4.74 Å².